The smallest absolute Gasteiger partial charge is 0.336 e. The molecule has 3 rings (SSSR count). The molecule has 2 aromatic rings. The summed E-state index contributed by atoms with van der Waals surface area (Å²) >= 11 is 0. The standard InChI is InChI=1S/C19H19NO6/c1-24-14-7-11(8-15(25-2)17(14)26-3)9-20-10-12-5-4-6-13(19(22)23)16(12)18(20)21/h4-8H,9-10H2,1-3H3,(H,22,23). The topological polar surface area (TPSA) is 85.3 Å². The summed E-state index contributed by atoms with van der Waals surface area (Å²) in [6.45, 7) is 0.648. The maximum absolute atomic E-state index is 12.7. The number of rotatable bonds is 6. The van der Waals surface area contributed by atoms with E-state index < -0.39 is 5.97 Å². The van der Waals surface area contributed by atoms with Gasteiger partial charge in [-0.1, -0.05) is 12.1 Å². The number of hydrogen-bond donors (Lipinski definition) is 1. The summed E-state index contributed by atoms with van der Waals surface area (Å²) in [7, 11) is 4.57. The number of carbonyl (C=O) groups excluding carboxylic acids is 1. The van der Waals surface area contributed by atoms with E-state index in [1.54, 1.807) is 29.2 Å². The Morgan fingerprint density at radius 1 is 1.12 bits per heavy atom. The quantitative estimate of drug-likeness (QED) is 0.855. The predicted octanol–water partition coefficient (Wildman–Crippen LogP) is 2.57. The maximum Gasteiger partial charge on any atom is 0.336 e. The van der Waals surface area contributed by atoms with Crippen molar-refractivity contribution in [1.82, 2.24) is 4.90 Å². The van der Waals surface area contributed by atoms with Crippen LogP contribution in [0.3, 0.4) is 0 Å². The van der Waals surface area contributed by atoms with E-state index in [2.05, 4.69) is 0 Å². The average Bonchev–Trinajstić information content (AvgIpc) is 2.96. The Morgan fingerprint density at radius 3 is 2.31 bits per heavy atom. The molecule has 0 saturated heterocycles. The van der Waals surface area contributed by atoms with Crippen LogP contribution in [0.25, 0.3) is 0 Å². The van der Waals surface area contributed by atoms with Crippen molar-refractivity contribution < 1.29 is 28.9 Å². The highest BCUT2D eigenvalue weighted by molar-refractivity contribution is 6.07. The summed E-state index contributed by atoms with van der Waals surface area (Å²) in [5.41, 5.74) is 1.78. The van der Waals surface area contributed by atoms with Crippen molar-refractivity contribution in [2.75, 3.05) is 21.3 Å². The minimum Gasteiger partial charge on any atom is -0.493 e. The van der Waals surface area contributed by atoms with E-state index in [-0.39, 0.29) is 17.0 Å². The summed E-state index contributed by atoms with van der Waals surface area (Å²) in [5.74, 6) is 0.0639. The zero-order valence-electron chi connectivity index (χ0n) is 14.7. The molecular weight excluding hydrogens is 338 g/mol. The van der Waals surface area contributed by atoms with Crippen molar-refractivity contribution in [3.05, 3.63) is 52.6 Å². The normalized spacial score (nSPS) is 12.7. The molecule has 1 heterocycles. The highest BCUT2D eigenvalue weighted by atomic mass is 16.5. The fourth-order valence-electron chi connectivity index (χ4n) is 3.17. The van der Waals surface area contributed by atoms with Crippen LogP contribution in [0, 0.1) is 0 Å². The number of benzene rings is 2. The first-order valence-corrected chi connectivity index (χ1v) is 7.93. The third kappa shape index (κ3) is 2.92. The molecule has 26 heavy (non-hydrogen) atoms. The van der Waals surface area contributed by atoms with Gasteiger partial charge in [0.1, 0.15) is 0 Å². The maximum atomic E-state index is 12.7. The van der Waals surface area contributed by atoms with Crippen molar-refractivity contribution in [3.8, 4) is 17.2 Å². The van der Waals surface area contributed by atoms with Crippen LogP contribution in [0.1, 0.15) is 31.8 Å². The number of nitrogens with zero attached hydrogens (tertiary/aromatic N) is 1. The van der Waals surface area contributed by atoms with Gasteiger partial charge in [-0.2, -0.15) is 0 Å². The second-order valence-electron chi connectivity index (χ2n) is 5.84. The number of carboxylic acid groups (broad SMARTS) is 1. The molecule has 2 aromatic carbocycles. The number of amides is 1. The Morgan fingerprint density at radius 2 is 1.77 bits per heavy atom. The Bertz CT molecular complexity index is 851. The van der Waals surface area contributed by atoms with Crippen molar-refractivity contribution >= 4 is 11.9 Å². The largest absolute Gasteiger partial charge is 0.493 e. The number of fused-ring (bicyclic) bond motifs is 1. The highest BCUT2D eigenvalue weighted by Gasteiger charge is 2.32. The summed E-state index contributed by atoms with van der Waals surface area (Å²) in [5, 5.41) is 9.32. The van der Waals surface area contributed by atoms with Crippen LogP contribution in [0.15, 0.2) is 30.3 Å². The van der Waals surface area contributed by atoms with E-state index in [4.69, 9.17) is 14.2 Å². The molecule has 0 saturated carbocycles. The van der Waals surface area contributed by atoms with Gasteiger partial charge >= 0.3 is 5.97 Å². The predicted molar refractivity (Wildman–Crippen MR) is 93.1 cm³/mol. The average molecular weight is 357 g/mol. The molecular formula is C19H19NO6. The number of carbonyl (C=O) groups is 2. The lowest BCUT2D eigenvalue weighted by Crippen LogP contribution is -2.24. The minimum absolute atomic E-state index is 0.0277. The summed E-state index contributed by atoms with van der Waals surface area (Å²) < 4.78 is 16.0. The van der Waals surface area contributed by atoms with E-state index in [0.717, 1.165) is 5.56 Å². The monoisotopic (exact) mass is 357 g/mol. The molecule has 0 aliphatic carbocycles. The van der Waals surface area contributed by atoms with Crippen LogP contribution in [0.4, 0.5) is 0 Å². The van der Waals surface area contributed by atoms with E-state index in [0.29, 0.717) is 35.9 Å². The Labute approximate surface area is 150 Å². The van der Waals surface area contributed by atoms with Crippen LogP contribution >= 0.6 is 0 Å². The lowest BCUT2D eigenvalue weighted by molar-refractivity contribution is 0.0681. The van der Waals surface area contributed by atoms with E-state index in [1.165, 1.54) is 27.4 Å². The van der Waals surface area contributed by atoms with Gasteiger partial charge < -0.3 is 24.2 Å². The van der Waals surface area contributed by atoms with Gasteiger partial charge in [0.05, 0.1) is 32.5 Å². The molecule has 1 aliphatic heterocycles. The van der Waals surface area contributed by atoms with Crippen molar-refractivity contribution in [2.24, 2.45) is 0 Å². The van der Waals surface area contributed by atoms with E-state index >= 15 is 0 Å². The first-order chi connectivity index (χ1) is 12.5. The zero-order chi connectivity index (χ0) is 18.8. The first-order valence-electron chi connectivity index (χ1n) is 7.93. The zero-order valence-corrected chi connectivity index (χ0v) is 14.7. The molecule has 0 unspecified atom stereocenters. The fraction of sp³-hybridized carbons (Fsp3) is 0.263. The van der Waals surface area contributed by atoms with Gasteiger partial charge in [0.2, 0.25) is 5.75 Å². The third-order valence-corrected chi connectivity index (χ3v) is 4.34. The Balaban J connectivity index is 1.93. The van der Waals surface area contributed by atoms with Gasteiger partial charge in [-0.25, -0.2) is 4.79 Å². The van der Waals surface area contributed by atoms with Crippen LogP contribution in [0.5, 0.6) is 17.2 Å². The number of carboxylic acids is 1. The molecule has 1 amide bonds. The van der Waals surface area contributed by atoms with Gasteiger partial charge in [-0.15, -0.1) is 0 Å². The highest BCUT2D eigenvalue weighted by Crippen LogP contribution is 2.39. The third-order valence-electron chi connectivity index (χ3n) is 4.34. The lowest BCUT2D eigenvalue weighted by atomic mass is 10.0. The van der Waals surface area contributed by atoms with Crippen molar-refractivity contribution in [1.29, 1.82) is 0 Å². The molecule has 0 bridgehead atoms. The molecule has 136 valence electrons. The Kier molecular flexibility index (Phi) is 4.71. The SMILES string of the molecule is COc1cc(CN2Cc3cccc(C(=O)O)c3C2=O)cc(OC)c1OC. The van der Waals surface area contributed by atoms with E-state index in [9.17, 15) is 14.7 Å². The van der Waals surface area contributed by atoms with Crippen LogP contribution < -0.4 is 14.2 Å². The molecule has 7 heteroatoms. The molecule has 0 spiro atoms. The van der Waals surface area contributed by atoms with Gasteiger partial charge in [0, 0.05) is 13.1 Å². The summed E-state index contributed by atoms with van der Waals surface area (Å²) in [6.07, 6.45) is 0. The Hall–Kier alpha value is -3.22. The molecule has 0 atom stereocenters. The molecule has 0 fully saturated rings. The van der Waals surface area contributed by atoms with Gasteiger partial charge in [0.15, 0.2) is 11.5 Å². The van der Waals surface area contributed by atoms with Gasteiger partial charge in [0.25, 0.3) is 5.91 Å². The number of ether oxygens (including phenoxy) is 3. The van der Waals surface area contributed by atoms with Gasteiger partial charge in [-0.3, -0.25) is 4.79 Å². The first kappa shape index (κ1) is 17.6. The summed E-state index contributed by atoms with van der Waals surface area (Å²) in [4.78, 5) is 25.7. The second kappa shape index (κ2) is 6.95. The number of aromatic carboxylic acids is 1. The second-order valence-corrected chi connectivity index (χ2v) is 5.84. The molecule has 1 aliphatic rings. The molecule has 1 N–H and O–H groups in total. The van der Waals surface area contributed by atoms with Crippen LogP contribution in [-0.4, -0.2) is 43.2 Å². The van der Waals surface area contributed by atoms with Crippen LogP contribution in [0.2, 0.25) is 0 Å². The molecule has 0 radical (unpaired) electrons. The molecule has 0 aromatic heterocycles. The molecule has 7 nitrogen and oxygen atoms in total. The van der Waals surface area contributed by atoms with Crippen molar-refractivity contribution in [2.45, 2.75) is 13.1 Å². The van der Waals surface area contributed by atoms with E-state index in [1.807, 2.05) is 0 Å². The number of methoxy groups -OCH3 is 3. The van der Waals surface area contributed by atoms with Crippen molar-refractivity contribution in [3.63, 3.8) is 0 Å². The summed E-state index contributed by atoms with van der Waals surface area (Å²) in [6, 6.07) is 8.42. The minimum atomic E-state index is -1.11. The fourth-order valence-corrected chi connectivity index (χ4v) is 3.17. The lowest BCUT2D eigenvalue weighted by Gasteiger charge is -2.18. The van der Waals surface area contributed by atoms with Crippen LogP contribution in [-0.2, 0) is 13.1 Å². The number of hydrogen-bond acceptors (Lipinski definition) is 5. The van der Waals surface area contributed by atoms with Gasteiger partial charge in [-0.05, 0) is 29.3 Å².